The number of imide groups is 1. The normalized spacial score (nSPS) is 24.0. The number of anilines is 1. The van der Waals surface area contributed by atoms with Crippen LogP contribution in [-0.2, 0) is 9.59 Å². The molecule has 1 aliphatic carbocycles. The van der Waals surface area contributed by atoms with Gasteiger partial charge in [-0.3, -0.25) is 9.59 Å². The van der Waals surface area contributed by atoms with Gasteiger partial charge in [0.25, 0.3) is 5.91 Å². The first-order chi connectivity index (χ1) is 12.2. The Kier molecular flexibility index (Phi) is 4.24. The van der Waals surface area contributed by atoms with Crippen LogP contribution in [0.2, 0.25) is 0 Å². The maximum atomic E-state index is 13.1. The number of benzene rings is 1. The number of carbonyl (C=O) groups is 2. The number of hydrogen-bond acceptors (Lipinski definition) is 4. The third-order valence-corrected chi connectivity index (χ3v) is 5.60. The monoisotopic (exact) mass is 340 g/mol. The molecule has 0 bridgehead atoms. The van der Waals surface area contributed by atoms with E-state index in [2.05, 4.69) is 4.90 Å². The molecule has 5 nitrogen and oxygen atoms in total. The zero-order valence-electron chi connectivity index (χ0n) is 14.7. The van der Waals surface area contributed by atoms with Gasteiger partial charge < -0.3 is 9.64 Å². The fourth-order valence-corrected chi connectivity index (χ4v) is 4.37. The molecule has 2 heterocycles. The van der Waals surface area contributed by atoms with Gasteiger partial charge in [0.15, 0.2) is 0 Å². The highest BCUT2D eigenvalue weighted by Gasteiger charge is 2.44. The molecule has 0 saturated carbocycles. The third-order valence-electron chi connectivity index (χ3n) is 5.60. The lowest BCUT2D eigenvalue weighted by Crippen LogP contribution is -2.44. The van der Waals surface area contributed by atoms with Crippen molar-refractivity contribution < 1.29 is 14.3 Å². The Bertz CT molecular complexity index is 719. The molecule has 1 atom stereocenters. The largest absolute Gasteiger partial charge is 0.497 e. The van der Waals surface area contributed by atoms with Crippen LogP contribution in [0, 0.1) is 0 Å². The van der Waals surface area contributed by atoms with E-state index in [9.17, 15) is 9.59 Å². The van der Waals surface area contributed by atoms with Crippen molar-refractivity contribution in [2.24, 2.45) is 0 Å². The third kappa shape index (κ3) is 2.81. The molecule has 0 aromatic heterocycles. The molecule has 1 unspecified atom stereocenters. The van der Waals surface area contributed by atoms with Crippen LogP contribution in [0.15, 0.2) is 35.5 Å². The number of ether oxygens (including phenoxy) is 1. The van der Waals surface area contributed by atoms with E-state index in [0.29, 0.717) is 11.4 Å². The van der Waals surface area contributed by atoms with Gasteiger partial charge in [-0.05, 0) is 62.8 Å². The molecule has 25 heavy (non-hydrogen) atoms. The first-order valence-electron chi connectivity index (χ1n) is 9.17. The number of methoxy groups -OCH3 is 1. The van der Waals surface area contributed by atoms with E-state index in [4.69, 9.17) is 4.74 Å². The summed E-state index contributed by atoms with van der Waals surface area (Å²) in [6.45, 7) is 0.888. The van der Waals surface area contributed by atoms with Crippen molar-refractivity contribution in [3.05, 3.63) is 35.5 Å². The molecule has 1 aromatic carbocycles. The second-order valence-electron chi connectivity index (χ2n) is 7.04. The molecule has 0 spiro atoms. The summed E-state index contributed by atoms with van der Waals surface area (Å²) < 4.78 is 5.16. The van der Waals surface area contributed by atoms with Gasteiger partial charge in [-0.25, -0.2) is 4.90 Å². The zero-order valence-corrected chi connectivity index (χ0v) is 14.7. The maximum absolute atomic E-state index is 13.1. The standard InChI is InChI=1S/C20H24N2O3/c1-25-16-10-8-15(9-11-16)22-19(23)13-18(20(22)24)21-12-4-6-14-5-2-3-7-17(14)21/h8-11,18H,2-7,12-13H2,1H3. The van der Waals surface area contributed by atoms with Gasteiger partial charge in [-0.2, -0.15) is 0 Å². The van der Waals surface area contributed by atoms with Crippen molar-refractivity contribution in [2.45, 2.75) is 51.0 Å². The number of amides is 2. The zero-order chi connectivity index (χ0) is 17.4. The van der Waals surface area contributed by atoms with E-state index in [-0.39, 0.29) is 24.3 Å². The lowest BCUT2D eigenvalue weighted by molar-refractivity contribution is -0.122. The molecule has 4 rings (SSSR count). The van der Waals surface area contributed by atoms with E-state index in [0.717, 1.165) is 32.2 Å². The predicted molar refractivity (Wildman–Crippen MR) is 95.3 cm³/mol. The summed E-state index contributed by atoms with van der Waals surface area (Å²) in [5, 5.41) is 0. The summed E-state index contributed by atoms with van der Waals surface area (Å²) >= 11 is 0. The highest BCUT2D eigenvalue weighted by Crippen LogP contribution is 2.37. The molecule has 0 N–H and O–H groups in total. The lowest BCUT2D eigenvalue weighted by Gasteiger charge is -2.39. The number of allylic oxidation sites excluding steroid dienone is 2. The Morgan fingerprint density at radius 2 is 1.72 bits per heavy atom. The SMILES string of the molecule is COc1ccc(N2C(=O)CC(N3CCCC4=C3CCCC4)C2=O)cc1. The molecule has 132 valence electrons. The van der Waals surface area contributed by atoms with Crippen LogP contribution in [0.3, 0.4) is 0 Å². The first kappa shape index (κ1) is 16.2. The van der Waals surface area contributed by atoms with Crippen LogP contribution in [-0.4, -0.2) is 36.4 Å². The summed E-state index contributed by atoms with van der Waals surface area (Å²) in [6, 6.07) is 6.78. The highest BCUT2D eigenvalue weighted by atomic mass is 16.5. The Morgan fingerprint density at radius 1 is 1.00 bits per heavy atom. The Labute approximate surface area is 148 Å². The van der Waals surface area contributed by atoms with E-state index in [1.54, 1.807) is 31.4 Å². The van der Waals surface area contributed by atoms with Gasteiger partial charge in [0.05, 0.1) is 19.2 Å². The fourth-order valence-electron chi connectivity index (χ4n) is 4.37. The van der Waals surface area contributed by atoms with Crippen molar-refractivity contribution in [2.75, 3.05) is 18.6 Å². The second-order valence-corrected chi connectivity index (χ2v) is 7.04. The van der Waals surface area contributed by atoms with E-state index >= 15 is 0 Å². The van der Waals surface area contributed by atoms with E-state index in [1.807, 2.05) is 0 Å². The van der Waals surface area contributed by atoms with Crippen LogP contribution in [0.1, 0.15) is 44.9 Å². The Hall–Kier alpha value is -2.30. The van der Waals surface area contributed by atoms with Crippen molar-refractivity contribution in [1.82, 2.24) is 4.90 Å². The maximum Gasteiger partial charge on any atom is 0.256 e. The van der Waals surface area contributed by atoms with E-state index in [1.165, 1.54) is 29.0 Å². The van der Waals surface area contributed by atoms with Gasteiger partial charge >= 0.3 is 0 Å². The number of nitrogens with zero attached hydrogens (tertiary/aromatic N) is 2. The van der Waals surface area contributed by atoms with Crippen LogP contribution >= 0.6 is 0 Å². The smallest absolute Gasteiger partial charge is 0.256 e. The summed E-state index contributed by atoms with van der Waals surface area (Å²) in [6.07, 6.45) is 7.16. The van der Waals surface area contributed by atoms with Crippen LogP contribution in [0.5, 0.6) is 5.75 Å². The van der Waals surface area contributed by atoms with Gasteiger partial charge in [0.2, 0.25) is 5.91 Å². The van der Waals surface area contributed by atoms with Crippen molar-refractivity contribution in [1.29, 1.82) is 0 Å². The number of hydrogen-bond donors (Lipinski definition) is 0. The van der Waals surface area contributed by atoms with E-state index < -0.39 is 0 Å². The van der Waals surface area contributed by atoms with Crippen molar-refractivity contribution in [3.8, 4) is 5.75 Å². The van der Waals surface area contributed by atoms with Gasteiger partial charge in [0.1, 0.15) is 11.8 Å². The van der Waals surface area contributed by atoms with Crippen molar-refractivity contribution in [3.63, 3.8) is 0 Å². The van der Waals surface area contributed by atoms with Gasteiger partial charge in [-0.1, -0.05) is 5.57 Å². The highest BCUT2D eigenvalue weighted by molar-refractivity contribution is 6.22. The molecule has 1 aromatic rings. The molecular formula is C20H24N2O3. The van der Waals surface area contributed by atoms with Crippen molar-refractivity contribution >= 4 is 17.5 Å². The molecule has 1 saturated heterocycles. The predicted octanol–water partition coefficient (Wildman–Crippen LogP) is 3.25. The molecule has 2 aliphatic heterocycles. The molecule has 5 heteroatoms. The Balaban J connectivity index is 1.60. The number of carbonyl (C=O) groups excluding carboxylic acids is 2. The number of rotatable bonds is 3. The van der Waals surface area contributed by atoms with Crippen LogP contribution in [0.4, 0.5) is 5.69 Å². The molecular weight excluding hydrogens is 316 g/mol. The minimum absolute atomic E-state index is 0.0884. The fraction of sp³-hybridized carbons (Fsp3) is 0.500. The summed E-state index contributed by atoms with van der Waals surface area (Å²) in [5.41, 5.74) is 3.49. The molecule has 1 fully saturated rings. The molecule has 0 radical (unpaired) electrons. The topological polar surface area (TPSA) is 49.9 Å². The van der Waals surface area contributed by atoms with Gasteiger partial charge in [0, 0.05) is 12.2 Å². The average Bonchev–Trinajstić information content (AvgIpc) is 2.95. The van der Waals surface area contributed by atoms with Crippen LogP contribution < -0.4 is 9.64 Å². The lowest BCUT2D eigenvalue weighted by atomic mass is 9.88. The first-order valence-corrected chi connectivity index (χ1v) is 9.17. The second kappa shape index (κ2) is 6.54. The summed E-state index contributed by atoms with van der Waals surface area (Å²) in [4.78, 5) is 29.2. The Morgan fingerprint density at radius 3 is 2.48 bits per heavy atom. The minimum atomic E-state index is -0.335. The minimum Gasteiger partial charge on any atom is -0.497 e. The summed E-state index contributed by atoms with van der Waals surface area (Å²) in [5.74, 6) is 0.519. The molecule has 3 aliphatic rings. The van der Waals surface area contributed by atoms with Gasteiger partial charge in [-0.15, -0.1) is 0 Å². The molecule has 2 amide bonds. The average molecular weight is 340 g/mol. The quantitative estimate of drug-likeness (QED) is 0.793. The van der Waals surface area contributed by atoms with Crippen LogP contribution in [0.25, 0.3) is 0 Å². The summed E-state index contributed by atoms with van der Waals surface area (Å²) in [7, 11) is 1.60.